The molecule has 0 spiro atoms. The standard InChI is InChI=1S/C18H24FN5O4S.ClH/c1-21(18(29)27-2)16-11-24(17(26)28-16)12-3-4-14(13(19)9-12)22-5-7-23(8-6-22)15(25)10-20;/h3-4,9,16H,5-8,10-11,20H2,1-2H3;1H. The molecule has 1 atom stereocenters. The first-order valence-electron chi connectivity index (χ1n) is 9.17. The molecule has 1 aromatic rings. The maximum atomic E-state index is 14.8. The van der Waals surface area contributed by atoms with Crippen LogP contribution >= 0.6 is 24.6 Å². The highest BCUT2D eigenvalue weighted by atomic mass is 35.5. The number of halogens is 2. The molecule has 0 aromatic heterocycles. The van der Waals surface area contributed by atoms with Gasteiger partial charge in [0, 0.05) is 33.2 Å². The summed E-state index contributed by atoms with van der Waals surface area (Å²) < 4.78 is 25.1. The number of hydrogen-bond acceptors (Lipinski definition) is 7. The topological polar surface area (TPSA) is 91.6 Å². The second-order valence-electron chi connectivity index (χ2n) is 6.74. The van der Waals surface area contributed by atoms with Gasteiger partial charge in [-0.1, -0.05) is 0 Å². The van der Waals surface area contributed by atoms with E-state index in [0.717, 1.165) is 0 Å². The van der Waals surface area contributed by atoms with E-state index in [9.17, 15) is 14.0 Å². The number of cyclic esters (lactones) is 1. The van der Waals surface area contributed by atoms with Crippen molar-refractivity contribution in [2.24, 2.45) is 5.73 Å². The van der Waals surface area contributed by atoms with Crippen molar-refractivity contribution in [3.05, 3.63) is 24.0 Å². The molecule has 0 aliphatic carbocycles. The van der Waals surface area contributed by atoms with Crippen molar-refractivity contribution in [2.75, 3.05) is 63.2 Å². The number of anilines is 2. The van der Waals surface area contributed by atoms with Crippen LogP contribution < -0.4 is 15.5 Å². The van der Waals surface area contributed by atoms with Gasteiger partial charge in [-0.15, -0.1) is 12.4 Å². The second kappa shape index (κ2) is 10.1. The number of carbonyl (C=O) groups excluding carboxylic acids is 2. The maximum Gasteiger partial charge on any atom is 0.416 e. The van der Waals surface area contributed by atoms with Crippen molar-refractivity contribution >= 4 is 53.2 Å². The lowest BCUT2D eigenvalue weighted by Crippen LogP contribution is -2.50. The summed E-state index contributed by atoms with van der Waals surface area (Å²) in [6.45, 7) is 2.16. The van der Waals surface area contributed by atoms with E-state index >= 15 is 0 Å². The lowest BCUT2D eigenvalue weighted by Gasteiger charge is -2.36. The first-order chi connectivity index (χ1) is 13.8. The van der Waals surface area contributed by atoms with Crippen molar-refractivity contribution in [1.82, 2.24) is 9.80 Å². The zero-order valence-electron chi connectivity index (χ0n) is 16.7. The van der Waals surface area contributed by atoms with Gasteiger partial charge in [0.1, 0.15) is 5.82 Å². The number of nitrogens with two attached hydrogens (primary N) is 1. The average molecular weight is 462 g/mol. The van der Waals surface area contributed by atoms with Crippen molar-refractivity contribution < 1.29 is 23.5 Å². The zero-order chi connectivity index (χ0) is 21.1. The maximum absolute atomic E-state index is 14.8. The van der Waals surface area contributed by atoms with Gasteiger partial charge in [-0.2, -0.15) is 0 Å². The quantitative estimate of drug-likeness (QED) is 0.664. The van der Waals surface area contributed by atoms with Crippen LogP contribution in [0.2, 0.25) is 0 Å². The lowest BCUT2D eigenvalue weighted by molar-refractivity contribution is -0.129. The molecular formula is C18H25ClFN5O4S. The Morgan fingerprint density at radius 2 is 2.03 bits per heavy atom. The summed E-state index contributed by atoms with van der Waals surface area (Å²) in [7, 11) is 3.10. The average Bonchev–Trinajstić information content (AvgIpc) is 3.13. The Labute approximate surface area is 185 Å². The molecule has 2 heterocycles. The molecule has 1 aromatic carbocycles. The molecule has 2 aliphatic heterocycles. The fourth-order valence-electron chi connectivity index (χ4n) is 3.37. The fourth-order valence-corrected chi connectivity index (χ4v) is 3.49. The van der Waals surface area contributed by atoms with Crippen molar-refractivity contribution in [2.45, 2.75) is 6.23 Å². The van der Waals surface area contributed by atoms with Gasteiger partial charge >= 0.3 is 6.09 Å². The molecular weight excluding hydrogens is 437 g/mol. The molecule has 2 amide bonds. The minimum atomic E-state index is -0.620. The largest absolute Gasteiger partial charge is 0.474 e. The number of methoxy groups -OCH3 is 1. The van der Waals surface area contributed by atoms with Crippen LogP contribution in [0.1, 0.15) is 0 Å². The van der Waals surface area contributed by atoms with Gasteiger partial charge < -0.3 is 25.0 Å². The van der Waals surface area contributed by atoms with Crippen LogP contribution in [-0.4, -0.2) is 86.6 Å². The van der Waals surface area contributed by atoms with Gasteiger partial charge in [-0.05, 0) is 30.4 Å². The first kappa shape index (κ1) is 23.9. The zero-order valence-corrected chi connectivity index (χ0v) is 18.4. The summed E-state index contributed by atoms with van der Waals surface area (Å²) in [5.74, 6) is -0.557. The molecule has 2 aliphatic rings. The number of piperazine rings is 1. The van der Waals surface area contributed by atoms with E-state index in [4.69, 9.17) is 27.4 Å². The number of carbonyl (C=O) groups is 2. The molecule has 0 radical (unpaired) electrons. The third kappa shape index (κ3) is 4.85. The van der Waals surface area contributed by atoms with Gasteiger partial charge in [0.15, 0.2) is 6.23 Å². The summed E-state index contributed by atoms with van der Waals surface area (Å²) in [5, 5.41) is 0.193. The molecule has 9 nitrogen and oxygen atoms in total. The molecule has 2 fully saturated rings. The molecule has 12 heteroatoms. The summed E-state index contributed by atoms with van der Waals surface area (Å²) in [4.78, 5) is 30.3. The molecule has 0 saturated carbocycles. The van der Waals surface area contributed by atoms with Crippen LogP contribution in [0.15, 0.2) is 18.2 Å². The predicted molar refractivity (Wildman–Crippen MR) is 116 cm³/mol. The minimum Gasteiger partial charge on any atom is -0.474 e. The number of nitrogens with zero attached hydrogens (tertiary/aromatic N) is 4. The van der Waals surface area contributed by atoms with Crippen molar-refractivity contribution in [3.8, 4) is 0 Å². The first-order valence-corrected chi connectivity index (χ1v) is 9.57. The molecule has 30 heavy (non-hydrogen) atoms. The third-order valence-electron chi connectivity index (χ3n) is 5.08. The van der Waals surface area contributed by atoms with E-state index in [1.54, 1.807) is 24.1 Å². The molecule has 166 valence electrons. The van der Waals surface area contributed by atoms with Crippen molar-refractivity contribution in [3.63, 3.8) is 0 Å². The molecule has 1 unspecified atom stereocenters. The Bertz CT molecular complexity index is 809. The summed E-state index contributed by atoms with van der Waals surface area (Å²) >= 11 is 5.05. The number of ether oxygens (including phenoxy) is 2. The van der Waals surface area contributed by atoms with Crippen LogP contribution in [0.4, 0.5) is 20.6 Å². The lowest BCUT2D eigenvalue weighted by atomic mass is 10.2. The minimum absolute atomic E-state index is 0. The van der Waals surface area contributed by atoms with E-state index in [0.29, 0.717) is 37.6 Å². The summed E-state index contributed by atoms with van der Waals surface area (Å²) in [5.41, 5.74) is 6.21. The monoisotopic (exact) mass is 461 g/mol. The smallest absolute Gasteiger partial charge is 0.416 e. The van der Waals surface area contributed by atoms with E-state index < -0.39 is 18.1 Å². The van der Waals surface area contributed by atoms with E-state index in [1.807, 2.05) is 4.90 Å². The van der Waals surface area contributed by atoms with E-state index in [-0.39, 0.29) is 36.6 Å². The number of hydrogen-bond donors (Lipinski definition) is 1. The van der Waals surface area contributed by atoms with Crippen LogP contribution in [0, 0.1) is 5.82 Å². The fraction of sp³-hybridized carbons (Fsp3) is 0.500. The number of thiocarbonyl (C=S) groups is 1. The molecule has 2 N–H and O–H groups in total. The predicted octanol–water partition coefficient (Wildman–Crippen LogP) is 1.00. The van der Waals surface area contributed by atoms with Gasteiger partial charge in [0.25, 0.3) is 5.17 Å². The van der Waals surface area contributed by atoms with Crippen LogP contribution in [0.3, 0.4) is 0 Å². The van der Waals surface area contributed by atoms with Gasteiger partial charge in [-0.25, -0.2) is 9.18 Å². The molecule has 0 bridgehead atoms. The highest BCUT2D eigenvalue weighted by Gasteiger charge is 2.36. The van der Waals surface area contributed by atoms with Gasteiger partial charge in [0.2, 0.25) is 5.91 Å². The Morgan fingerprint density at radius 3 is 2.60 bits per heavy atom. The number of rotatable bonds is 4. The summed E-state index contributed by atoms with van der Waals surface area (Å²) in [6, 6.07) is 4.62. The number of amides is 2. The van der Waals surface area contributed by atoms with Crippen LogP contribution in [-0.2, 0) is 14.3 Å². The second-order valence-corrected chi connectivity index (χ2v) is 7.09. The third-order valence-corrected chi connectivity index (χ3v) is 5.54. The van der Waals surface area contributed by atoms with Crippen LogP contribution in [0.5, 0.6) is 0 Å². The highest BCUT2D eigenvalue weighted by Crippen LogP contribution is 2.29. The number of likely N-dealkylation sites (N-methyl/N-ethyl adjacent to an activating group) is 1. The Kier molecular flexibility index (Phi) is 8.04. The SMILES string of the molecule is COC(=S)N(C)C1CN(c2ccc(N3CCN(C(=O)CN)CC3)c(F)c2)C(=O)O1.Cl. The van der Waals surface area contributed by atoms with Crippen molar-refractivity contribution in [1.29, 1.82) is 0 Å². The molecule has 2 saturated heterocycles. The van der Waals surface area contributed by atoms with Gasteiger partial charge in [0.05, 0.1) is 31.6 Å². The van der Waals surface area contributed by atoms with Crippen LogP contribution in [0.25, 0.3) is 0 Å². The molecule has 3 rings (SSSR count). The van der Waals surface area contributed by atoms with E-state index in [2.05, 4.69) is 0 Å². The van der Waals surface area contributed by atoms with Gasteiger partial charge in [-0.3, -0.25) is 14.6 Å². The summed E-state index contributed by atoms with van der Waals surface area (Å²) in [6.07, 6.45) is -1.20. The Hall–Kier alpha value is -2.37. The number of benzene rings is 1. The Morgan fingerprint density at radius 1 is 1.37 bits per heavy atom. The highest BCUT2D eigenvalue weighted by molar-refractivity contribution is 7.80. The van der Waals surface area contributed by atoms with E-state index in [1.165, 1.54) is 23.0 Å². The Balaban J connectivity index is 0.00000320. The normalized spacial score (nSPS) is 18.6.